The third kappa shape index (κ3) is 3.94. The summed E-state index contributed by atoms with van der Waals surface area (Å²) in [5, 5.41) is 3.27. The summed E-state index contributed by atoms with van der Waals surface area (Å²) in [6, 6.07) is 2.08. The number of nitrogens with zero attached hydrogens (tertiary/aromatic N) is 2. The number of anilines is 1. The van der Waals surface area contributed by atoms with Crippen molar-refractivity contribution in [2.24, 2.45) is 5.73 Å². The zero-order chi connectivity index (χ0) is 12.0. The highest BCUT2D eigenvalue weighted by Crippen LogP contribution is 2.08. The van der Waals surface area contributed by atoms with Gasteiger partial charge in [0.05, 0.1) is 0 Å². The van der Waals surface area contributed by atoms with Gasteiger partial charge >= 0.3 is 0 Å². The van der Waals surface area contributed by atoms with E-state index >= 15 is 0 Å². The van der Waals surface area contributed by atoms with Gasteiger partial charge in [0, 0.05) is 18.0 Å². The Morgan fingerprint density at radius 1 is 1.69 bits per heavy atom. The molecule has 0 bridgehead atoms. The number of hydrogen-bond donors (Lipinski definition) is 2. The summed E-state index contributed by atoms with van der Waals surface area (Å²) in [6.07, 6.45) is 4.77. The minimum absolute atomic E-state index is 0.295. The fraction of sp³-hybridized carbons (Fsp3) is 0.500. The van der Waals surface area contributed by atoms with Crippen LogP contribution in [0.25, 0.3) is 0 Å². The van der Waals surface area contributed by atoms with Gasteiger partial charge in [-0.05, 0) is 18.7 Å². The Labute approximate surface area is 105 Å². The Balaban J connectivity index is 2.72. The molecule has 4 nitrogen and oxygen atoms in total. The van der Waals surface area contributed by atoms with Crippen LogP contribution >= 0.6 is 24.0 Å². The van der Waals surface area contributed by atoms with Crippen molar-refractivity contribution in [3.8, 4) is 0 Å². The van der Waals surface area contributed by atoms with Gasteiger partial charge in [-0.15, -0.1) is 0 Å². The predicted molar refractivity (Wildman–Crippen MR) is 74.0 cm³/mol. The molecule has 1 rings (SSSR count). The molecule has 3 N–H and O–H groups in total. The van der Waals surface area contributed by atoms with E-state index in [0.717, 1.165) is 12.2 Å². The first-order valence-corrected chi connectivity index (χ1v) is 6.86. The van der Waals surface area contributed by atoms with E-state index in [2.05, 4.69) is 28.5 Å². The molecule has 6 heteroatoms. The van der Waals surface area contributed by atoms with Crippen molar-refractivity contribution in [2.75, 3.05) is 17.3 Å². The number of aromatic nitrogens is 2. The maximum Gasteiger partial charge on any atom is 0.223 e. The van der Waals surface area contributed by atoms with E-state index in [-0.39, 0.29) is 0 Å². The maximum absolute atomic E-state index is 5.51. The van der Waals surface area contributed by atoms with Crippen LogP contribution in [0.4, 0.5) is 5.95 Å². The number of thioether (sulfide) groups is 1. The third-order valence-corrected chi connectivity index (χ3v) is 3.05. The predicted octanol–water partition coefficient (Wildman–Crippen LogP) is 1.66. The summed E-state index contributed by atoms with van der Waals surface area (Å²) in [6.45, 7) is 2.13. The highest BCUT2D eigenvalue weighted by molar-refractivity contribution is 7.98. The molecule has 0 spiro atoms. The summed E-state index contributed by atoms with van der Waals surface area (Å²) in [4.78, 5) is 8.68. The molecule has 0 aliphatic rings. The van der Waals surface area contributed by atoms with E-state index in [4.69, 9.17) is 18.0 Å². The Hall–Kier alpha value is -0.880. The summed E-state index contributed by atoms with van der Waals surface area (Å²) in [7, 11) is 0. The molecular formula is C10H16N4S2. The lowest BCUT2D eigenvalue weighted by molar-refractivity contribution is 0.763. The average molecular weight is 256 g/mol. The monoisotopic (exact) mass is 256 g/mol. The quantitative estimate of drug-likeness (QED) is 0.755. The second kappa shape index (κ2) is 6.65. The molecule has 1 aromatic heterocycles. The maximum atomic E-state index is 5.51. The highest BCUT2D eigenvalue weighted by atomic mass is 32.2. The Bertz CT molecular complexity index is 356. The summed E-state index contributed by atoms with van der Waals surface area (Å²) < 4.78 is 0. The Morgan fingerprint density at radius 2 is 2.44 bits per heavy atom. The number of rotatable bonds is 6. The van der Waals surface area contributed by atoms with Gasteiger partial charge in [0.1, 0.15) is 10.7 Å². The SMILES string of the molecule is CCC(CSC)Nc1nccc(C(N)=S)n1. The van der Waals surface area contributed by atoms with Crippen LogP contribution in [0.2, 0.25) is 0 Å². The number of hydrogen-bond acceptors (Lipinski definition) is 5. The van der Waals surface area contributed by atoms with Crippen LogP contribution < -0.4 is 11.1 Å². The average Bonchev–Trinajstić information content (AvgIpc) is 2.29. The lowest BCUT2D eigenvalue weighted by atomic mass is 10.3. The van der Waals surface area contributed by atoms with E-state index in [9.17, 15) is 0 Å². The molecule has 16 heavy (non-hydrogen) atoms. The molecule has 0 aliphatic carbocycles. The van der Waals surface area contributed by atoms with Crippen LogP contribution in [0.5, 0.6) is 0 Å². The molecule has 1 atom stereocenters. The lowest BCUT2D eigenvalue weighted by Crippen LogP contribution is -2.23. The van der Waals surface area contributed by atoms with Crippen molar-refractivity contribution in [2.45, 2.75) is 19.4 Å². The van der Waals surface area contributed by atoms with Crippen molar-refractivity contribution in [1.82, 2.24) is 9.97 Å². The highest BCUT2D eigenvalue weighted by Gasteiger charge is 2.07. The minimum atomic E-state index is 0.295. The van der Waals surface area contributed by atoms with Gasteiger partial charge in [-0.25, -0.2) is 9.97 Å². The fourth-order valence-corrected chi connectivity index (χ4v) is 2.05. The van der Waals surface area contributed by atoms with Crippen molar-refractivity contribution in [3.63, 3.8) is 0 Å². The lowest BCUT2D eigenvalue weighted by Gasteiger charge is -2.15. The van der Waals surface area contributed by atoms with Gasteiger partial charge in [-0.3, -0.25) is 0 Å². The van der Waals surface area contributed by atoms with Crippen LogP contribution in [-0.2, 0) is 0 Å². The van der Waals surface area contributed by atoms with Crippen LogP contribution in [0.15, 0.2) is 12.3 Å². The van der Waals surface area contributed by atoms with E-state index in [1.807, 2.05) is 0 Å². The minimum Gasteiger partial charge on any atom is -0.388 e. The molecule has 1 heterocycles. The zero-order valence-corrected chi connectivity index (χ0v) is 11.1. The summed E-state index contributed by atoms with van der Waals surface area (Å²) in [5.41, 5.74) is 6.12. The molecule has 1 aromatic rings. The number of thiocarbonyl (C=S) groups is 1. The van der Waals surface area contributed by atoms with E-state index in [1.165, 1.54) is 0 Å². The Morgan fingerprint density at radius 3 is 3.00 bits per heavy atom. The molecule has 0 saturated carbocycles. The van der Waals surface area contributed by atoms with Gasteiger partial charge in [-0.2, -0.15) is 11.8 Å². The number of nitrogens with two attached hydrogens (primary N) is 1. The first-order chi connectivity index (χ1) is 7.67. The van der Waals surface area contributed by atoms with Crippen molar-refractivity contribution >= 4 is 34.9 Å². The summed E-state index contributed by atoms with van der Waals surface area (Å²) >= 11 is 6.67. The molecule has 0 amide bonds. The normalized spacial score (nSPS) is 12.1. The van der Waals surface area contributed by atoms with Gasteiger partial charge in [0.2, 0.25) is 5.95 Å². The van der Waals surface area contributed by atoms with Gasteiger partial charge in [0.25, 0.3) is 0 Å². The zero-order valence-electron chi connectivity index (χ0n) is 9.43. The fourth-order valence-electron chi connectivity index (χ4n) is 1.21. The van der Waals surface area contributed by atoms with E-state index in [0.29, 0.717) is 22.7 Å². The van der Waals surface area contributed by atoms with Crippen LogP contribution in [0, 0.1) is 0 Å². The van der Waals surface area contributed by atoms with Gasteiger partial charge < -0.3 is 11.1 Å². The second-order valence-electron chi connectivity index (χ2n) is 3.33. The van der Waals surface area contributed by atoms with Gasteiger partial charge in [-0.1, -0.05) is 19.1 Å². The molecule has 0 aliphatic heterocycles. The number of nitrogens with one attached hydrogen (secondary N) is 1. The van der Waals surface area contributed by atoms with Gasteiger partial charge in [0.15, 0.2) is 0 Å². The smallest absolute Gasteiger partial charge is 0.223 e. The standard InChI is InChI=1S/C10H16N4S2/c1-3-7(6-16-2)13-10-12-5-4-8(14-10)9(11)15/h4-5,7H,3,6H2,1-2H3,(H2,11,15)(H,12,13,14). The summed E-state index contributed by atoms with van der Waals surface area (Å²) in [5.74, 6) is 1.61. The van der Waals surface area contributed by atoms with E-state index in [1.54, 1.807) is 24.0 Å². The van der Waals surface area contributed by atoms with Crippen LogP contribution in [0.3, 0.4) is 0 Å². The van der Waals surface area contributed by atoms with Crippen LogP contribution in [0.1, 0.15) is 19.0 Å². The second-order valence-corrected chi connectivity index (χ2v) is 4.69. The largest absolute Gasteiger partial charge is 0.388 e. The molecule has 1 unspecified atom stereocenters. The first kappa shape index (κ1) is 13.2. The molecule has 88 valence electrons. The van der Waals surface area contributed by atoms with Crippen molar-refractivity contribution in [1.29, 1.82) is 0 Å². The van der Waals surface area contributed by atoms with Crippen molar-refractivity contribution in [3.05, 3.63) is 18.0 Å². The first-order valence-electron chi connectivity index (χ1n) is 5.05. The molecule has 0 saturated heterocycles. The molecule has 0 fully saturated rings. The molecular weight excluding hydrogens is 240 g/mol. The topological polar surface area (TPSA) is 63.8 Å². The van der Waals surface area contributed by atoms with Crippen molar-refractivity contribution < 1.29 is 0 Å². The Kier molecular flexibility index (Phi) is 5.48. The molecule has 0 aromatic carbocycles. The molecule has 0 radical (unpaired) electrons. The third-order valence-electron chi connectivity index (χ3n) is 2.10. The van der Waals surface area contributed by atoms with E-state index < -0.39 is 0 Å². The van der Waals surface area contributed by atoms with Crippen LogP contribution in [-0.4, -0.2) is 33.0 Å².